The maximum absolute atomic E-state index is 11.8. The van der Waals surface area contributed by atoms with E-state index in [4.69, 9.17) is 4.42 Å². The molecule has 3 aromatic rings. The van der Waals surface area contributed by atoms with Gasteiger partial charge in [-0.25, -0.2) is 0 Å². The number of aryl methyl sites for hydroxylation is 1. The van der Waals surface area contributed by atoms with E-state index in [9.17, 15) is 9.59 Å². The standard InChI is InChI=1S/C15H14N4O3S/c1-9-2-3-12(23-9)11-6-13(19-18-11)17-14(20)7-16-15(21)10-4-5-22-8-10/h2-6,8H,7H2,1H3,(H,16,21)(H2,17,18,19,20). The minimum Gasteiger partial charge on any atom is -0.472 e. The Morgan fingerprint density at radius 1 is 1.35 bits per heavy atom. The molecule has 0 saturated carbocycles. The van der Waals surface area contributed by atoms with Crippen molar-refractivity contribution in [2.75, 3.05) is 11.9 Å². The molecular formula is C15H14N4O3S. The number of rotatable bonds is 5. The Morgan fingerprint density at radius 2 is 2.22 bits per heavy atom. The van der Waals surface area contributed by atoms with Crippen LogP contribution in [0.4, 0.5) is 5.82 Å². The highest BCUT2D eigenvalue weighted by molar-refractivity contribution is 7.15. The molecule has 0 aliphatic carbocycles. The first kappa shape index (κ1) is 15.0. The number of nitrogens with one attached hydrogen (secondary N) is 3. The number of nitrogens with zero attached hydrogens (tertiary/aromatic N) is 1. The van der Waals surface area contributed by atoms with Crippen molar-refractivity contribution in [1.29, 1.82) is 0 Å². The molecule has 3 N–H and O–H groups in total. The van der Waals surface area contributed by atoms with Crippen LogP contribution in [0.1, 0.15) is 15.2 Å². The lowest BCUT2D eigenvalue weighted by Gasteiger charge is -2.03. The van der Waals surface area contributed by atoms with Gasteiger partial charge in [-0.05, 0) is 25.1 Å². The lowest BCUT2D eigenvalue weighted by Crippen LogP contribution is -2.32. The van der Waals surface area contributed by atoms with Crippen LogP contribution in [0.3, 0.4) is 0 Å². The minimum atomic E-state index is -0.370. The molecule has 0 spiro atoms. The first-order valence-corrected chi connectivity index (χ1v) is 7.66. The smallest absolute Gasteiger partial charge is 0.254 e. The van der Waals surface area contributed by atoms with E-state index in [-0.39, 0.29) is 18.4 Å². The largest absolute Gasteiger partial charge is 0.472 e. The van der Waals surface area contributed by atoms with Gasteiger partial charge in [0.05, 0.1) is 28.9 Å². The number of thiophene rings is 1. The van der Waals surface area contributed by atoms with E-state index < -0.39 is 0 Å². The molecule has 0 bridgehead atoms. The molecule has 0 saturated heterocycles. The highest BCUT2D eigenvalue weighted by atomic mass is 32.1. The van der Waals surface area contributed by atoms with Gasteiger partial charge >= 0.3 is 0 Å². The van der Waals surface area contributed by atoms with Crippen LogP contribution in [-0.2, 0) is 4.79 Å². The summed E-state index contributed by atoms with van der Waals surface area (Å²) in [4.78, 5) is 25.8. The Labute approximate surface area is 135 Å². The second-order valence-corrected chi connectivity index (χ2v) is 6.11. The molecule has 0 aliphatic rings. The Hall–Kier alpha value is -2.87. The van der Waals surface area contributed by atoms with E-state index >= 15 is 0 Å². The maximum Gasteiger partial charge on any atom is 0.254 e. The summed E-state index contributed by atoms with van der Waals surface area (Å²) in [5.41, 5.74) is 1.20. The van der Waals surface area contributed by atoms with Crippen molar-refractivity contribution >= 4 is 29.0 Å². The third-order valence-electron chi connectivity index (χ3n) is 3.04. The number of amides is 2. The van der Waals surface area contributed by atoms with E-state index in [2.05, 4.69) is 20.8 Å². The summed E-state index contributed by atoms with van der Waals surface area (Å²) in [6, 6.07) is 7.28. The van der Waals surface area contributed by atoms with Crippen LogP contribution in [0.15, 0.2) is 41.2 Å². The Bertz CT molecular complexity index is 820. The van der Waals surface area contributed by atoms with Gasteiger partial charge in [0.15, 0.2) is 5.82 Å². The number of hydrogen-bond donors (Lipinski definition) is 3. The zero-order valence-electron chi connectivity index (χ0n) is 12.3. The first-order valence-electron chi connectivity index (χ1n) is 6.84. The number of carbonyl (C=O) groups excluding carboxylic acids is 2. The summed E-state index contributed by atoms with van der Waals surface area (Å²) in [5, 5.41) is 12.0. The summed E-state index contributed by atoms with van der Waals surface area (Å²) in [6.45, 7) is 1.88. The van der Waals surface area contributed by atoms with Gasteiger partial charge in [-0.15, -0.1) is 11.3 Å². The van der Waals surface area contributed by atoms with E-state index in [0.717, 1.165) is 10.6 Å². The predicted octanol–water partition coefficient (Wildman–Crippen LogP) is 2.41. The van der Waals surface area contributed by atoms with E-state index in [1.165, 1.54) is 23.5 Å². The SMILES string of the molecule is Cc1ccc(-c2cc(NC(=O)CNC(=O)c3ccoc3)n[nH]2)s1. The van der Waals surface area contributed by atoms with Crippen LogP contribution in [0.2, 0.25) is 0 Å². The Kier molecular flexibility index (Phi) is 4.24. The zero-order valence-corrected chi connectivity index (χ0v) is 13.1. The number of carbonyl (C=O) groups is 2. The van der Waals surface area contributed by atoms with Gasteiger partial charge in [0.1, 0.15) is 6.26 Å². The number of aromatic nitrogens is 2. The van der Waals surface area contributed by atoms with Crippen molar-refractivity contribution in [2.45, 2.75) is 6.92 Å². The molecule has 2 amide bonds. The fourth-order valence-electron chi connectivity index (χ4n) is 1.93. The van der Waals surface area contributed by atoms with Gasteiger partial charge in [0, 0.05) is 10.9 Å². The first-order chi connectivity index (χ1) is 11.1. The van der Waals surface area contributed by atoms with Crippen molar-refractivity contribution in [3.63, 3.8) is 0 Å². The number of furan rings is 1. The molecule has 8 heteroatoms. The van der Waals surface area contributed by atoms with Crippen molar-refractivity contribution in [1.82, 2.24) is 15.5 Å². The van der Waals surface area contributed by atoms with Gasteiger partial charge in [0.25, 0.3) is 5.91 Å². The molecule has 3 aromatic heterocycles. The van der Waals surface area contributed by atoms with Gasteiger partial charge in [-0.3, -0.25) is 14.7 Å². The predicted molar refractivity (Wildman–Crippen MR) is 86.3 cm³/mol. The summed E-state index contributed by atoms with van der Waals surface area (Å²) in [5.74, 6) is -0.318. The molecule has 0 atom stereocenters. The van der Waals surface area contributed by atoms with Crippen LogP contribution in [-0.4, -0.2) is 28.6 Å². The molecule has 23 heavy (non-hydrogen) atoms. The minimum absolute atomic E-state index is 0.148. The normalized spacial score (nSPS) is 10.5. The second kappa shape index (κ2) is 6.49. The molecule has 0 fully saturated rings. The monoisotopic (exact) mass is 330 g/mol. The van der Waals surface area contributed by atoms with Gasteiger partial charge < -0.3 is 15.1 Å². The second-order valence-electron chi connectivity index (χ2n) is 4.82. The highest BCUT2D eigenvalue weighted by Gasteiger charge is 2.11. The van der Waals surface area contributed by atoms with Crippen LogP contribution < -0.4 is 10.6 Å². The maximum atomic E-state index is 11.8. The molecule has 7 nitrogen and oxygen atoms in total. The molecule has 3 rings (SSSR count). The van der Waals surface area contributed by atoms with Crippen LogP contribution >= 0.6 is 11.3 Å². The third kappa shape index (κ3) is 3.67. The van der Waals surface area contributed by atoms with Crippen LogP contribution in [0.25, 0.3) is 10.6 Å². The van der Waals surface area contributed by atoms with E-state index in [0.29, 0.717) is 11.4 Å². The summed E-state index contributed by atoms with van der Waals surface area (Å²) in [6.07, 6.45) is 2.71. The molecule has 3 heterocycles. The van der Waals surface area contributed by atoms with E-state index in [1.807, 2.05) is 19.1 Å². The highest BCUT2D eigenvalue weighted by Crippen LogP contribution is 2.27. The van der Waals surface area contributed by atoms with Crippen molar-refractivity contribution in [2.24, 2.45) is 0 Å². The summed E-state index contributed by atoms with van der Waals surface area (Å²) >= 11 is 1.64. The Balaban J connectivity index is 1.54. The third-order valence-corrected chi connectivity index (χ3v) is 4.08. The number of anilines is 1. The molecule has 0 aromatic carbocycles. The molecule has 0 radical (unpaired) electrons. The van der Waals surface area contributed by atoms with Crippen molar-refractivity contribution in [3.8, 4) is 10.6 Å². The quantitative estimate of drug-likeness (QED) is 0.669. The molecule has 118 valence electrons. The van der Waals surface area contributed by atoms with Gasteiger partial charge in [0.2, 0.25) is 5.91 Å². The average Bonchev–Trinajstić information content (AvgIpc) is 3.25. The number of aromatic amines is 1. The van der Waals surface area contributed by atoms with Gasteiger partial charge in [-0.1, -0.05) is 0 Å². The number of hydrogen-bond acceptors (Lipinski definition) is 5. The average molecular weight is 330 g/mol. The van der Waals surface area contributed by atoms with Crippen molar-refractivity contribution in [3.05, 3.63) is 47.2 Å². The molecule has 0 aliphatic heterocycles. The lowest BCUT2D eigenvalue weighted by atomic mass is 10.3. The topological polar surface area (TPSA) is 100 Å². The van der Waals surface area contributed by atoms with Gasteiger partial charge in [-0.2, -0.15) is 5.10 Å². The fraction of sp³-hybridized carbons (Fsp3) is 0.133. The van der Waals surface area contributed by atoms with Crippen LogP contribution in [0.5, 0.6) is 0 Å². The summed E-state index contributed by atoms with van der Waals surface area (Å²) < 4.78 is 4.81. The summed E-state index contributed by atoms with van der Waals surface area (Å²) in [7, 11) is 0. The molecular weight excluding hydrogens is 316 g/mol. The molecule has 0 unspecified atom stereocenters. The Morgan fingerprint density at radius 3 is 2.91 bits per heavy atom. The number of H-pyrrole nitrogens is 1. The lowest BCUT2D eigenvalue weighted by molar-refractivity contribution is -0.115. The zero-order chi connectivity index (χ0) is 16.2. The fourth-order valence-corrected chi connectivity index (χ4v) is 2.77. The van der Waals surface area contributed by atoms with Crippen molar-refractivity contribution < 1.29 is 14.0 Å². The van der Waals surface area contributed by atoms with E-state index in [1.54, 1.807) is 17.4 Å². The van der Waals surface area contributed by atoms with Crippen LogP contribution in [0, 0.1) is 6.92 Å².